The summed E-state index contributed by atoms with van der Waals surface area (Å²) in [5.41, 5.74) is 12.8. The minimum absolute atomic E-state index is 0.513. The molecule has 3 heterocycles. The Bertz CT molecular complexity index is 3490. The lowest BCUT2D eigenvalue weighted by Gasteiger charge is -2.13. The third kappa shape index (κ3) is 4.74. The highest BCUT2D eigenvalue weighted by molar-refractivity contribution is 6.13. The highest BCUT2D eigenvalue weighted by atomic mass is 15.0. The van der Waals surface area contributed by atoms with E-state index in [1.165, 1.54) is 32.6 Å². The van der Waals surface area contributed by atoms with Gasteiger partial charge in [0.1, 0.15) is 0 Å². The Kier molecular flexibility index (Phi) is 6.95. The van der Waals surface area contributed by atoms with E-state index in [1.807, 2.05) is 36.4 Å². The van der Waals surface area contributed by atoms with Gasteiger partial charge in [-0.15, -0.1) is 0 Å². The average Bonchev–Trinajstić information content (AvgIpc) is 3.91. The first-order valence-corrected chi connectivity index (χ1v) is 18.6. The van der Waals surface area contributed by atoms with Crippen LogP contribution in [0.5, 0.6) is 0 Å². The Morgan fingerprint density at radius 1 is 0.316 bits per heavy atom. The van der Waals surface area contributed by atoms with Gasteiger partial charge in [-0.2, -0.15) is 0 Å². The summed E-state index contributed by atoms with van der Waals surface area (Å²) >= 11 is 0. The van der Waals surface area contributed by atoms with Crippen LogP contribution < -0.4 is 0 Å². The SMILES string of the molecule is [C-]#[N+]c1ccc2c(c1)c1cc([N+]#[C-])ccc1n2-c1ccc(-c2ccc(-n3c4ccccc4c4ccc(-n5c6ccccc6c6ccccc65)cc43)cc2)cc1[N+]#[C-]. The monoisotopic (exact) mass is 724 g/mol. The van der Waals surface area contributed by atoms with Crippen molar-refractivity contribution in [1.29, 1.82) is 0 Å². The van der Waals surface area contributed by atoms with Crippen LogP contribution in [0.3, 0.4) is 0 Å². The number of nitrogens with zero attached hydrogens (tertiary/aromatic N) is 6. The molecule has 0 radical (unpaired) electrons. The Labute approximate surface area is 327 Å². The van der Waals surface area contributed by atoms with Crippen molar-refractivity contribution in [2.75, 3.05) is 0 Å². The largest absolute Gasteiger partial charge is 0.319 e. The number of fused-ring (bicyclic) bond motifs is 9. The number of benzene rings is 8. The summed E-state index contributed by atoms with van der Waals surface area (Å²) in [5.74, 6) is 0. The summed E-state index contributed by atoms with van der Waals surface area (Å²) in [7, 11) is 0. The summed E-state index contributed by atoms with van der Waals surface area (Å²) in [5, 5.41) is 6.62. The van der Waals surface area contributed by atoms with Crippen LogP contribution in [0.15, 0.2) is 170 Å². The highest BCUT2D eigenvalue weighted by Gasteiger charge is 2.19. The predicted molar refractivity (Wildman–Crippen MR) is 234 cm³/mol. The van der Waals surface area contributed by atoms with Gasteiger partial charge in [-0.25, -0.2) is 14.5 Å². The van der Waals surface area contributed by atoms with Gasteiger partial charge in [0.15, 0.2) is 11.4 Å². The molecule has 0 fully saturated rings. The van der Waals surface area contributed by atoms with Gasteiger partial charge in [-0.1, -0.05) is 91.0 Å². The maximum absolute atomic E-state index is 8.26. The van der Waals surface area contributed by atoms with Crippen LogP contribution in [0, 0.1) is 19.7 Å². The summed E-state index contributed by atoms with van der Waals surface area (Å²) in [6.07, 6.45) is 0. The molecule has 0 aliphatic carbocycles. The predicted octanol–water partition coefficient (Wildman–Crippen LogP) is 14.3. The summed E-state index contributed by atoms with van der Waals surface area (Å²) < 4.78 is 6.78. The molecule has 0 aliphatic heterocycles. The first-order valence-electron chi connectivity index (χ1n) is 18.6. The van der Waals surface area contributed by atoms with Gasteiger partial charge in [-0.05, 0) is 101 Å². The van der Waals surface area contributed by atoms with Gasteiger partial charge < -0.3 is 13.7 Å². The van der Waals surface area contributed by atoms with Crippen molar-refractivity contribution in [3.63, 3.8) is 0 Å². The van der Waals surface area contributed by atoms with Crippen LogP contribution >= 0.6 is 0 Å². The lowest BCUT2D eigenvalue weighted by molar-refractivity contribution is 1.15. The van der Waals surface area contributed by atoms with Crippen LogP contribution in [0.25, 0.3) is 108 Å². The standard InChI is InChI=1S/C51H28N6/c1-52-34-19-26-48-42(29-34)43-30-35(53-2)20-27-49(43)57(48)50-25-18-33(28-44(50)54-3)32-16-21-36(22-17-32)55-45-13-7-6-12-40(45)41-24-23-37(31-51(41)55)56-46-14-8-4-10-38(46)39-11-5-9-15-47(39)56/h4-31H. The Morgan fingerprint density at radius 2 is 0.789 bits per heavy atom. The zero-order chi connectivity index (χ0) is 38.2. The van der Waals surface area contributed by atoms with E-state index in [2.05, 4.69) is 150 Å². The van der Waals surface area contributed by atoms with Gasteiger partial charge in [0.25, 0.3) is 0 Å². The van der Waals surface area contributed by atoms with Gasteiger partial charge in [0.2, 0.25) is 5.69 Å². The molecule has 0 amide bonds. The molecule has 262 valence electrons. The van der Waals surface area contributed by atoms with Gasteiger partial charge in [0, 0.05) is 32.9 Å². The van der Waals surface area contributed by atoms with Crippen molar-refractivity contribution in [1.82, 2.24) is 13.7 Å². The molecule has 6 nitrogen and oxygen atoms in total. The first kappa shape index (κ1) is 32.1. The van der Waals surface area contributed by atoms with Crippen molar-refractivity contribution in [2.24, 2.45) is 0 Å². The number of para-hydroxylation sites is 3. The normalized spacial score (nSPS) is 11.5. The fourth-order valence-electron chi connectivity index (χ4n) is 8.76. The molecular formula is C51H28N6. The van der Waals surface area contributed by atoms with E-state index in [1.54, 1.807) is 12.1 Å². The minimum Gasteiger partial charge on any atom is -0.319 e. The van der Waals surface area contributed by atoms with Crippen molar-refractivity contribution < 1.29 is 0 Å². The van der Waals surface area contributed by atoms with Gasteiger partial charge >= 0.3 is 0 Å². The van der Waals surface area contributed by atoms with Gasteiger partial charge in [-0.3, -0.25) is 0 Å². The van der Waals surface area contributed by atoms with Crippen LogP contribution in [0.2, 0.25) is 0 Å². The zero-order valence-corrected chi connectivity index (χ0v) is 30.3. The smallest absolute Gasteiger partial charge is 0.211 e. The molecule has 11 aromatic rings. The number of aromatic nitrogens is 3. The quantitative estimate of drug-likeness (QED) is 0.162. The second-order valence-corrected chi connectivity index (χ2v) is 14.2. The van der Waals surface area contributed by atoms with Crippen LogP contribution in [-0.4, -0.2) is 13.7 Å². The molecule has 0 saturated carbocycles. The fraction of sp³-hybridized carbons (Fsp3) is 0. The number of rotatable bonds is 4. The van der Waals surface area contributed by atoms with E-state index in [-0.39, 0.29) is 0 Å². The molecular weight excluding hydrogens is 697 g/mol. The molecule has 3 aromatic heterocycles. The second-order valence-electron chi connectivity index (χ2n) is 14.2. The van der Waals surface area contributed by atoms with E-state index in [4.69, 9.17) is 19.7 Å². The van der Waals surface area contributed by atoms with Crippen LogP contribution in [-0.2, 0) is 0 Å². The number of hydrogen-bond acceptors (Lipinski definition) is 0. The lowest BCUT2D eigenvalue weighted by Crippen LogP contribution is -1.97. The van der Waals surface area contributed by atoms with E-state index in [0.717, 1.165) is 61.0 Å². The molecule has 11 rings (SSSR count). The highest BCUT2D eigenvalue weighted by Crippen LogP contribution is 2.41. The molecule has 6 heteroatoms. The molecule has 0 saturated heterocycles. The van der Waals surface area contributed by atoms with E-state index < -0.39 is 0 Å². The zero-order valence-electron chi connectivity index (χ0n) is 30.3. The van der Waals surface area contributed by atoms with Crippen LogP contribution in [0.1, 0.15) is 0 Å². The molecule has 0 spiro atoms. The maximum atomic E-state index is 8.26. The third-order valence-corrected chi connectivity index (χ3v) is 11.3. The first-order chi connectivity index (χ1) is 28.1. The topological polar surface area (TPSA) is 27.9 Å². The molecule has 0 N–H and O–H groups in total. The van der Waals surface area contributed by atoms with Crippen molar-refractivity contribution in [3.8, 4) is 28.2 Å². The second kappa shape index (κ2) is 12.3. The summed E-state index contributed by atoms with van der Waals surface area (Å²) in [6.45, 7) is 23.4. The lowest BCUT2D eigenvalue weighted by atomic mass is 10.0. The molecule has 0 bridgehead atoms. The minimum atomic E-state index is 0.513. The third-order valence-electron chi connectivity index (χ3n) is 11.3. The van der Waals surface area contributed by atoms with Crippen molar-refractivity contribution in [2.45, 2.75) is 0 Å². The molecule has 0 atom stereocenters. The Hall–Kier alpha value is -8.37. The number of hydrogen-bond donors (Lipinski definition) is 0. The average molecular weight is 725 g/mol. The van der Waals surface area contributed by atoms with Gasteiger partial charge in [0.05, 0.1) is 58.5 Å². The van der Waals surface area contributed by atoms with Crippen molar-refractivity contribution in [3.05, 3.63) is 204 Å². The Balaban J connectivity index is 1.03. The maximum Gasteiger partial charge on any atom is 0.211 e. The fourth-order valence-corrected chi connectivity index (χ4v) is 8.76. The Morgan fingerprint density at radius 3 is 1.33 bits per heavy atom. The van der Waals surface area contributed by atoms with Crippen LogP contribution in [0.4, 0.5) is 17.1 Å². The summed E-state index contributed by atoms with van der Waals surface area (Å²) in [4.78, 5) is 11.3. The molecule has 8 aromatic carbocycles. The van der Waals surface area contributed by atoms with Crippen molar-refractivity contribution >= 4 is 82.5 Å². The van der Waals surface area contributed by atoms with E-state index in [9.17, 15) is 0 Å². The van der Waals surface area contributed by atoms with E-state index in [0.29, 0.717) is 17.1 Å². The molecule has 0 aliphatic rings. The molecule has 0 unspecified atom stereocenters. The molecule has 57 heavy (non-hydrogen) atoms. The van der Waals surface area contributed by atoms with E-state index >= 15 is 0 Å². The summed E-state index contributed by atoms with van der Waals surface area (Å²) in [6, 6.07) is 58.4.